The van der Waals surface area contributed by atoms with E-state index in [-0.39, 0.29) is 11.8 Å². The molecule has 2 aromatic heterocycles. The number of hydrogen-bond acceptors (Lipinski definition) is 5. The first-order valence-corrected chi connectivity index (χ1v) is 11.5. The summed E-state index contributed by atoms with van der Waals surface area (Å²) in [6.45, 7) is 4.45. The van der Waals surface area contributed by atoms with Gasteiger partial charge in [-0.15, -0.1) is 0 Å². The van der Waals surface area contributed by atoms with E-state index in [4.69, 9.17) is 4.74 Å². The average Bonchev–Trinajstić information content (AvgIpc) is 3.44. The number of carbonyl (C=O) groups excluding carboxylic acids is 3. The van der Waals surface area contributed by atoms with Gasteiger partial charge in [0.2, 0.25) is 5.91 Å². The van der Waals surface area contributed by atoms with E-state index in [0.717, 1.165) is 5.56 Å². The number of rotatable bonds is 5. The first-order chi connectivity index (χ1) is 17.3. The van der Waals surface area contributed by atoms with Crippen molar-refractivity contribution < 1.29 is 23.5 Å². The van der Waals surface area contributed by atoms with E-state index < -0.39 is 18.0 Å². The Morgan fingerprint density at radius 1 is 1.25 bits per heavy atom. The van der Waals surface area contributed by atoms with Crippen molar-refractivity contribution in [3.05, 3.63) is 76.6 Å². The number of aromatic amines is 1. The number of hydrogen-bond donors (Lipinski definition) is 3. The molecule has 0 aliphatic carbocycles. The van der Waals surface area contributed by atoms with E-state index in [1.165, 1.54) is 18.2 Å². The Balaban J connectivity index is 1.27. The number of carbonyl (C=O) groups is 3. The molecule has 10 heteroatoms. The Hall–Kier alpha value is -4.47. The molecule has 1 fully saturated rings. The van der Waals surface area contributed by atoms with Crippen molar-refractivity contribution in [2.45, 2.75) is 32.9 Å². The molecular weight excluding hydrogens is 465 g/mol. The molecule has 3 amide bonds. The number of likely N-dealkylation sites (tertiary alicyclic amines) is 1. The number of aromatic nitrogens is 2. The predicted octanol–water partition coefficient (Wildman–Crippen LogP) is 3.55. The Morgan fingerprint density at radius 2 is 2.03 bits per heavy atom. The molecule has 1 aromatic carbocycles. The fraction of sp³-hybridized carbons (Fsp3) is 0.231. The summed E-state index contributed by atoms with van der Waals surface area (Å²) in [7, 11) is 0. The molecule has 0 unspecified atom stereocenters. The Bertz CT molecular complexity index is 1400. The molecule has 1 atom stereocenters. The van der Waals surface area contributed by atoms with Gasteiger partial charge >= 0.3 is 6.09 Å². The largest absolute Gasteiger partial charge is 0.413 e. The highest BCUT2D eigenvalue weighted by molar-refractivity contribution is 6.34. The molecule has 3 N–H and O–H groups in total. The van der Waals surface area contributed by atoms with Crippen molar-refractivity contribution in [2.75, 3.05) is 11.9 Å². The van der Waals surface area contributed by atoms with Crippen molar-refractivity contribution >= 4 is 35.2 Å². The highest BCUT2D eigenvalue weighted by Crippen LogP contribution is 2.35. The number of aryl methyl sites for hydroxylation is 1. The minimum atomic E-state index is -0.741. The van der Waals surface area contributed by atoms with Gasteiger partial charge in [-0.2, -0.15) is 0 Å². The zero-order valence-electron chi connectivity index (χ0n) is 19.7. The highest BCUT2D eigenvalue weighted by Gasteiger charge is 2.33. The third-order valence-corrected chi connectivity index (χ3v) is 6.37. The molecule has 0 saturated carbocycles. The van der Waals surface area contributed by atoms with E-state index in [1.54, 1.807) is 37.2 Å². The minimum absolute atomic E-state index is 0.171. The van der Waals surface area contributed by atoms with Gasteiger partial charge in [-0.25, -0.2) is 9.18 Å². The number of halogens is 1. The van der Waals surface area contributed by atoms with Gasteiger partial charge < -0.3 is 25.3 Å². The van der Waals surface area contributed by atoms with Crippen molar-refractivity contribution in [3.8, 4) is 5.75 Å². The normalized spacial score (nSPS) is 17.9. The van der Waals surface area contributed by atoms with E-state index >= 15 is 0 Å². The monoisotopic (exact) mass is 489 g/mol. The quantitative estimate of drug-likeness (QED) is 0.474. The summed E-state index contributed by atoms with van der Waals surface area (Å²) in [6, 6.07) is 7.11. The van der Waals surface area contributed by atoms with Crippen LogP contribution in [0.2, 0.25) is 0 Å². The summed E-state index contributed by atoms with van der Waals surface area (Å²) in [4.78, 5) is 46.6. The summed E-state index contributed by atoms with van der Waals surface area (Å²) in [5.74, 6) is -0.665. The number of benzene rings is 1. The lowest BCUT2D eigenvalue weighted by molar-refractivity contribution is -0.129. The number of fused-ring (bicyclic) bond motifs is 1. The molecule has 184 valence electrons. The second kappa shape index (κ2) is 9.29. The third kappa shape index (κ3) is 4.45. The van der Waals surface area contributed by atoms with Crippen LogP contribution in [-0.2, 0) is 16.1 Å². The van der Waals surface area contributed by atoms with Crippen LogP contribution in [0.25, 0.3) is 11.6 Å². The van der Waals surface area contributed by atoms with Gasteiger partial charge in [0.25, 0.3) is 5.91 Å². The Morgan fingerprint density at radius 3 is 2.81 bits per heavy atom. The molecule has 0 bridgehead atoms. The number of pyridine rings is 1. The number of H-pyrrole nitrogens is 1. The van der Waals surface area contributed by atoms with Crippen molar-refractivity contribution in [1.29, 1.82) is 0 Å². The lowest BCUT2D eigenvalue weighted by Gasteiger charge is -2.17. The van der Waals surface area contributed by atoms with E-state index in [2.05, 4.69) is 20.6 Å². The standard InChI is InChI=1S/C26H24FN5O4/c1-14-22(12-19-18-11-17(27)3-4-20(18)30-24(19)33)29-15(2)23(14)36-26(35)31-21-7-10-32(25(21)34)13-16-5-8-28-9-6-16/h3-6,8-9,11-12,21,29H,7,10,13H2,1-2H3,(H,30,33)(H,31,35)/b19-12-/t21-/m0/s1. The van der Waals surface area contributed by atoms with Crippen molar-refractivity contribution in [2.24, 2.45) is 0 Å². The fourth-order valence-corrected chi connectivity index (χ4v) is 4.50. The Kier molecular flexibility index (Phi) is 6.01. The maximum Gasteiger partial charge on any atom is 0.413 e. The van der Waals surface area contributed by atoms with Gasteiger partial charge in [0.1, 0.15) is 11.9 Å². The van der Waals surface area contributed by atoms with Gasteiger partial charge in [-0.05, 0) is 62.2 Å². The molecule has 1 saturated heterocycles. The summed E-state index contributed by atoms with van der Waals surface area (Å²) in [5, 5.41) is 5.37. The second-order valence-corrected chi connectivity index (χ2v) is 8.81. The van der Waals surface area contributed by atoms with Crippen LogP contribution < -0.4 is 15.4 Å². The molecule has 3 aromatic rings. The van der Waals surface area contributed by atoms with E-state index in [1.807, 2.05) is 12.1 Å². The van der Waals surface area contributed by atoms with E-state index in [9.17, 15) is 18.8 Å². The zero-order valence-corrected chi connectivity index (χ0v) is 19.7. The highest BCUT2D eigenvalue weighted by atomic mass is 19.1. The molecule has 0 radical (unpaired) electrons. The summed E-state index contributed by atoms with van der Waals surface area (Å²) in [6.07, 6.45) is 4.68. The average molecular weight is 490 g/mol. The maximum absolute atomic E-state index is 13.8. The molecule has 2 aliphatic heterocycles. The van der Waals surface area contributed by atoms with Crippen LogP contribution in [0.4, 0.5) is 14.9 Å². The molecule has 2 aliphatic rings. The van der Waals surface area contributed by atoms with Crippen molar-refractivity contribution in [3.63, 3.8) is 0 Å². The van der Waals surface area contributed by atoms with Gasteiger partial charge in [0.05, 0.1) is 11.3 Å². The van der Waals surface area contributed by atoms with Gasteiger partial charge in [0, 0.05) is 48.0 Å². The zero-order chi connectivity index (χ0) is 25.4. The summed E-state index contributed by atoms with van der Waals surface area (Å²) >= 11 is 0. The third-order valence-electron chi connectivity index (χ3n) is 6.37. The number of nitrogens with zero attached hydrogens (tertiary/aromatic N) is 2. The van der Waals surface area contributed by atoms with Crippen LogP contribution in [0, 0.1) is 19.7 Å². The van der Waals surface area contributed by atoms with E-state index in [0.29, 0.717) is 59.0 Å². The van der Waals surface area contributed by atoms with Crippen LogP contribution in [0.5, 0.6) is 5.75 Å². The smallest absolute Gasteiger partial charge is 0.408 e. The van der Waals surface area contributed by atoms with Crippen LogP contribution in [0.1, 0.15) is 34.5 Å². The number of anilines is 1. The van der Waals surface area contributed by atoms with Crippen molar-refractivity contribution in [1.82, 2.24) is 20.2 Å². The molecule has 5 rings (SSSR count). The molecule has 4 heterocycles. The molecule has 9 nitrogen and oxygen atoms in total. The maximum atomic E-state index is 13.8. The predicted molar refractivity (Wildman–Crippen MR) is 130 cm³/mol. The van der Waals surface area contributed by atoms with Crippen LogP contribution in [0.3, 0.4) is 0 Å². The first kappa shape index (κ1) is 23.3. The minimum Gasteiger partial charge on any atom is -0.408 e. The van der Waals surface area contributed by atoms with Crippen LogP contribution >= 0.6 is 0 Å². The summed E-state index contributed by atoms with van der Waals surface area (Å²) < 4.78 is 19.3. The first-order valence-electron chi connectivity index (χ1n) is 11.5. The topological polar surface area (TPSA) is 116 Å². The van der Waals surface area contributed by atoms with Crippen LogP contribution in [-0.4, -0.2) is 45.4 Å². The molecule has 36 heavy (non-hydrogen) atoms. The lowest BCUT2D eigenvalue weighted by Crippen LogP contribution is -2.42. The summed E-state index contributed by atoms with van der Waals surface area (Å²) in [5.41, 5.74) is 3.98. The second-order valence-electron chi connectivity index (χ2n) is 8.81. The number of nitrogens with one attached hydrogen (secondary N) is 3. The Labute approximate surface area is 206 Å². The van der Waals surface area contributed by atoms with Gasteiger partial charge in [-0.3, -0.25) is 14.6 Å². The van der Waals surface area contributed by atoms with Gasteiger partial charge in [0.15, 0.2) is 5.75 Å². The van der Waals surface area contributed by atoms with Gasteiger partial charge in [-0.1, -0.05) is 0 Å². The molecule has 0 spiro atoms. The lowest BCUT2D eigenvalue weighted by atomic mass is 10.0. The molecular formula is C26H24FN5O4. The van der Waals surface area contributed by atoms with Crippen LogP contribution in [0.15, 0.2) is 42.7 Å². The fourth-order valence-electron chi connectivity index (χ4n) is 4.50. The number of amides is 3. The SMILES string of the molecule is Cc1[nH]c(/C=C2\C(=O)Nc3ccc(F)cc32)c(C)c1OC(=O)N[C@H]1CCN(Cc2ccncc2)C1=O. The number of ether oxygens (including phenoxy) is 1.